The lowest BCUT2D eigenvalue weighted by molar-refractivity contribution is 0.664. The molecule has 1 aliphatic carbocycles. The van der Waals surface area contributed by atoms with Crippen molar-refractivity contribution in [2.45, 2.75) is 38.6 Å². The van der Waals surface area contributed by atoms with Gasteiger partial charge in [0, 0.05) is 10.5 Å². The zero-order valence-electron chi connectivity index (χ0n) is 8.52. The van der Waals surface area contributed by atoms with Crippen molar-refractivity contribution in [1.82, 2.24) is 0 Å². The molecule has 0 saturated carbocycles. The summed E-state index contributed by atoms with van der Waals surface area (Å²) < 4.78 is 1.26. The topological polar surface area (TPSA) is 26.0 Å². The fraction of sp³-hybridized carbons (Fsp3) is 0.500. The van der Waals surface area contributed by atoms with Crippen molar-refractivity contribution in [3.05, 3.63) is 33.3 Å². The van der Waals surface area contributed by atoms with Crippen LogP contribution in [-0.2, 0) is 12.8 Å². The van der Waals surface area contributed by atoms with Crippen LogP contribution in [0.15, 0.2) is 16.6 Å². The summed E-state index contributed by atoms with van der Waals surface area (Å²) in [6.07, 6.45) is 5.03. The van der Waals surface area contributed by atoms with Crippen LogP contribution < -0.4 is 5.73 Å². The molecule has 2 rings (SSSR count). The Balaban J connectivity index is 2.53. The van der Waals surface area contributed by atoms with Gasteiger partial charge in [-0.25, -0.2) is 0 Å². The summed E-state index contributed by atoms with van der Waals surface area (Å²) in [4.78, 5) is 0. The van der Waals surface area contributed by atoms with E-state index in [9.17, 15) is 0 Å². The number of hydrogen-bond donors (Lipinski definition) is 1. The molecule has 76 valence electrons. The molecule has 0 fully saturated rings. The van der Waals surface area contributed by atoms with Gasteiger partial charge < -0.3 is 5.73 Å². The van der Waals surface area contributed by atoms with E-state index in [-0.39, 0.29) is 6.04 Å². The zero-order valence-corrected chi connectivity index (χ0v) is 10.1. The minimum absolute atomic E-state index is 0.162. The summed E-state index contributed by atoms with van der Waals surface area (Å²) in [5.41, 5.74) is 10.3. The average molecular weight is 254 g/mol. The van der Waals surface area contributed by atoms with Gasteiger partial charge in [-0.1, -0.05) is 22.0 Å². The first-order valence-corrected chi connectivity index (χ1v) is 6.05. The van der Waals surface area contributed by atoms with E-state index < -0.39 is 0 Å². The second-order valence-electron chi connectivity index (χ2n) is 4.09. The first kappa shape index (κ1) is 10.2. The van der Waals surface area contributed by atoms with Gasteiger partial charge in [0.15, 0.2) is 0 Å². The van der Waals surface area contributed by atoms with Crippen molar-refractivity contribution in [2.24, 2.45) is 5.73 Å². The van der Waals surface area contributed by atoms with E-state index in [0.717, 1.165) is 0 Å². The molecule has 1 aromatic carbocycles. The van der Waals surface area contributed by atoms with Crippen molar-refractivity contribution < 1.29 is 0 Å². The molecule has 1 unspecified atom stereocenters. The van der Waals surface area contributed by atoms with Crippen molar-refractivity contribution in [3.8, 4) is 0 Å². The van der Waals surface area contributed by atoms with Gasteiger partial charge >= 0.3 is 0 Å². The molecule has 1 aliphatic rings. The van der Waals surface area contributed by atoms with E-state index in [1.54, 1.807) is 0 Å². The minimum Gasteiger partial charge on any atom is -0.324 e. The average Bonchev–Trinajstić information content (AvgIpc) is 2.18. The summed E-state index contributed by atoms with van der Waals surface area (Å²) in [5, 5.41) is 0. The Hall–Kier alpha value is -0.340. The second kappa shape index (κ2) is 4.03. The van der Waals surface area contributed by atoms with Gasteiger partial charge in [-0.2, -0.15) is 0 Å². The summed E-state index contributed by atoms with van der Waals surface area (Å²) in [6.45, 7) is 2.07. The highest BCUT2D eigenvalue weighted by Gasteiger charge is 2.17. The van der Waals surface area contributed by atoms with E-state index >= 15 is 0 Å². The molecular formula is C12H16BrN. The van der Waals surface area contributed by atoms with Crippen LogP contribution >= 0.6 is 15.9 Å². The number of rotatable bonds is 1. The molecular weight excluding hydrogens is 238 g/mol. The molecule has 0 radical (unpaired) electrons. The van der Waals surface area contributed by atoms with Gasteiger partial charge in [0.05, 0.1) is 0 Å². The Morgan fingerprint density at radius 1 is 1.21 bits per heavy atom. The van der Waals surface area contributed by atoms with Crippen LogP contribution in [0, 0.1) is 0 Å². The molecule has 1 nitrogen and oxygen atoms in total. The first-order chi connectivity index (χ1) is 6.70. The van der Waals surface area contributed by atoms with Gasteiger partial charge in [-0.3, -0.25) is 0 Å². The predicted molar refractivity (Wildman–Crippen MR) is 63.4 cm³/mol. The van der Waals surface area contributed by atoms with Crippen LogP contribution in [-0.4, -0.2) is 0 Å². The van der Waals surface area contributed by atoms with E-state index in [4.69, 9.17) is 5.73 Å². The van der Waals surface area contributed by atoms with E-state index in [0.29, 0.717) is 0 Å². The van der Waals surface area contributed by atoms with Crippen LogP contribution in [0.1, 0.15) is 42.5 Å². The van der Waals surface area contributed by atoms with Crippen molar-refractivity contribution in [1.29, 1.82) is 0 Å². The quantitative estimate of drug-likeness (QED) is 0.817. The molecule has 0 bridgehead atoms. The maximum Gasteiger partial charge on any atom is 0.0268 e. The van der Waals surface area contributed by atoms with Gasteiger partial charge in [-0.05, 0) is 55.4 Å². The Morgan fingerprint density at radius 3 is 2.50 bits per heavy atom. The van der Waals surface area contributed by atoms with E-state index in [1.807, 2.05) is 0 Å². The molecule has 0 aliphatic heterocycles. The fourth-order valence-corrected chi connectivity index (χ4v) is 2.85. The Kier molecular flexibility index (Phi) is 2.93. The predicted octanol–water partition coefficient (Wildman–Crippen LogP) is 3.35. The molecule has 0 saturated heterocycles. The number of hydrogen-bond acceptors (Lipinski definition) is 1. The highest BCUT2D eigenvalue weighted by molar-refractivity contribution is 9.10. The third-order valence-electron chi connectivity index (χ3n) is 3.00. The summed E-state index contributed by atoms with van der Waals surface area (Å²) in [5.74, 6) is 0. The van der Waals surface area contributed by atoms with Crippen LogP contribution in [0.4, 0.5) is 0 Å². The summed E-state index contributed by atoms with van der Waals surface area (Å²) >= 11 is 3.62. The molecule has 0 aromatic heterocycles. The zero-order chi connectivity index (χ0) is 10.1. The fourth-order valence-electron chi connectivity index (χ4n) is 2.28. The number of benzene rings is 1. The summed E-state index contributed by atoms with van der Waals surface area (Å²) in [6, 6.07) is 4.47. The van der Waals surface area contributed by atoms with Gasteiger partial charge in [0.25, 0.3) is 0 Å². The van der Waals surface area contributed by atoms with Gasteiger partial charge in [0.1, 0.15) is 0 Å². The lowest BCUT2D eigenvalue weighted by Crippen LogP contribution is -2.13. The van der Waals surface area contributed by atoms with Crippen molar-refractivity contribution >= 4 is 15.9 Å². The molecule has 1 aromatic rings. The monoisotopic (exact) mass is 253 g/mol. The molecule has 14 heavy (non-hydrogen) atoms. The molecule has 0 heterocycles. The maximum atomic E-state index is 5.97. The lowest BCUT2D eigenvalue weighted by atomic mass is 9.86. The van der Waals surface area contributed by atoms with Gasteiger partial charge in [-0.15, -0.1) is 0 Å². The highest BCUT2D eigenvalue weighted by atomic mass is 79.9. The van der Waals surface area contributed by atoms with Gasteiger partial charge in [0.2, 0.25) is 0 Å². The molecule has 2 N–H and O–H groups in total. The molecule has 0 spiro atoms. The van der Waals surface area contributed by atoms with E-state index in [2.05, 4.69) is 35.0 Å². The van der Waals surface area contributed by atoms with E-state index in [1.165, 1.54) is 46.8 Å². The van der Waals surface area contributed by atoms with Crippen molar-refractivity contribution in [2.75, 3.05) is 0 Å². The van der Waals surface area contributed by atoms with Crippen LogP contribution in [0.2, 0.25) is 0 Å². The Labute approximate surface area is 93.8 Å². The largest absolute Gasteiger partial charge is 0.324 e. The SMILES string of the molecule is CC(N)c1ccc(Br)c2c1CCCC2. The standard InChI is InChI=1S/C12H16BrN/c1-8(14)9-6-7-12(13)11-5-3-2-4-10(9)11/h6-8H,2-5,14H2,1H3. The van der Waals surface area contributed by atoms with Crippen LogP contribution in [0.5, 0.6) is 0 Å². The number of fused-ring (bicyclic) bond motifs is 1. The maximum absolute atomic E-state index is 5.97. The van der Waals surface area contributed by atoms with Crippen molar-refractivity contribution in [3.63, 3.8) is 0 Å². The van der Waals surface area contributed by atoms with Crippen LogP contribution in [0.3, 0.4) is 0 Å². The third kappa shape index (κ3) is 1.73. The lowest BCUT2D eigenvalue weighted by Gasteiger charge is -2.22. The second-order valence-corrected chi connectivity index (χ2v) is 4.94. The smallest absolute Gasteiger partial charge is 0.0268 e. The minimum atomic E-state index is 0.162. The molecule has 1 atom stereocenters. The number of nitrogens with two attached hydrogens (primary N) is 1. The highest BCUT2D eigenvalue weighted by Crippen LogP contribution is 2.32. The summed E-state index contributed by atoms with van der Waals surface area (Å²) in [7, 11) is 0. The normalized spacial score (nSPS) is 17.6. The number of halogens is 1. The Bertz CT molecular complexity index is 344. The molecule has 2 heteroatoms. The third-order valence-corrected chi connectivity index (χ3v) is 3.75. The molecule has 0 amide bonds. The first-order valence-electron chi connectivity index (χ1n) is 5.26. The van der Waals surface area contributed by atoms with Crippen LogP contribution in [0.25, 0.3) is 0 Å². The Morgan fingerprint density at radius 2 is 1.86 bits per heavy atom.